The van der Waals surface area contributed by atoms with Crippen LogP contribution in [-0.4, -0.2) is 72.6 Å². The van der Waals surface area contributed by atoms with Crippen molar-refractivity contribution in [1.29, 1.82) is 0 Å². The predicted molar refractivity (Wildman–Crippen MR) is 63.5 cm³/mol. The summed E-state index contributed by atoms with van der Waals surface area (Å²) in [6.07, 6.45) is 2.37. The number of nitrogens with one attached hydrogen (secondary N) is 1. The van der Waals surface area contributed by atoms with Gasteiger partial charge in [0.15, 0.2) is 0 Å². The van der Waals surface area contributed by atoms with Crippen LogP contribution in [0.2, 0.25) is 0 Å². The maximum atomic E-state index is 12.1. The summed E-state index contributed by atoms with van der Waals surface area (Å²) in [4.78, 5) is 12.5. The SMILES string of the molecule is CN(C)CCN(CC(=O)O)S(=O)(=O)c1cn[nH]c1. The third-order valence-electron chi connectivity index (χ3n) is 2.22. The molecule has 0 aromatic carbocycles. The maximum absolute atomic E-state index is 12.1. The molecule has 1 aromatic heterocycles. The number of carbonyl (C=O) groups is 1. The number of carboxylic acids is 1. The lowest BCUT2D eigenvalue weighted by Gasteiger charge is -2.21. The molecule has 0 radical (unpaired) electrons. The Morgan fingerprint density at radius 3 is 2.56 bits per heavy atom. The van der Waals surface area contributed by atoms with Crippen molar-refractivity contribution in [1.82, 2.24) is 19.4 Å². The molecule has 0 spiro atoms. The van der Waals surface area contributed by atoms with Crippen LogP contribution in [-0.2, 0) is 14.8 Å². The van der Waals surface area contributed by atoms with Crippen molar-refractivity contribution >= 4 is 16.0 Å². The highest BCUT2D eigenvalue weighted by molar-refractivity contribution is 7.89. The summed E-state index contributed by atoms with van der Waals surface area (Å²) in [5.74, 6) is -1.19. The number of rotatable bonds is 7. The van der Waals surface area contributed by atoms with Gasteiger partial charge >= 0.3 is 5.97 Å². The number of carboxylic acid groups (broad SMARTS) is 1. The summed E-state index contributed by atoms with van der Waals surface area (Å²) in [6.45, 7) is -0.0292. The molecule has 0 saturated heterocycles. The van der Waals surface area contributed by atoms with Gasteiger partial charge in [0.2, 0.25) is 10.0 Å². The Kier molecular flexibility index (Phi) is 4.82. The van der Waals surface area contributed by atoms with Crippen molar-refractivity contribution < 1.29 is 18.3 Å². The van der Waals surface area contributed by atoms with E-state index in [1.807, 2.05) is 0 Å². The largest absolute Gasteiger partial charge is 0.480 e. The summed E-state index contributed by atoms with van der Waals surface area (Å²) in [7, 11) is -0.254. The van der Waals surface area contributed by atoms with Gasteiger partial charge < -0.3 is 10.0 Å². The van der Waals surface area contributed by atoms with E-state index in [-0.39, 0.29) is 11.4 Å². The van der Waals surface area contributed by atoms with Crippen LogP contribution in [0.4, 0.5) is 0 Å². The van der Waals surface area contributed by atoms with Crippen molar-refractivity contribution in [2.45, 2.75) is 4.90 Å². The second-order valence-corrected chi connectivity index (χ2v) is 5.91. The molecule has 0 atom stereocenters. The lowest BCUT2D eigenvalue weighted by molar-refractivity contribution is -0.137. The second-order valence-electron chi connectivity index (χ2n) is 3.97. The summed E-state index contributed by atoms with van der Waals surface area (Å²) >= 11 is 0. The highest BCUT2D eigenvalue weighted by Gasteiger charge is 2.27. The number of nitrogens with zero attached hydrogens (tertiary/aromatic N) is 3. The van der Waals surface area contributed by atoms with Gasteiger partial charge in [-0.3, -0.25) is 9.89 Å². The van der Waals surface area contributed by atoms with Crippen LogP contribution < -0.4 is 0 Å². The topological polar surface area (TPSA) is 107 Å². The lowest BCUT2D eigenvalue weighted by atomic mass is 10.5. The average Bonchev–Trinajstić information content (AvgIpc) is 2.76. The number of aliphatic carboxylic acids is 1. The maximum Gasteiger partial charge on any atom is 0.318 e. The van der Waals surface area contributed by atoms with Gasteiger partial charge in [0.05, 0.1) is 6.20 Å². The van der Waals surface area contributed by atoms with Crippen molar-refractivity contribution in [3.05, 3.63) is 12.4 Å². The lowest BCUT2D eigenvalue weighted by Crippen LogP contribution is -2.39. The third-order valence-corrected chi connectivity index (χ3v) is 4.03. The average molecular weight is 276 g/mol. The number of aromatic amines is 1. The fraction of sp³-hybridized carbons (Fsp3) is 0.556. The van der Waals surface area contributed by atoms with Crippen molar-refractivity contribution in [2.75, 3.05) is 33.7 Å². The Balaban J connectivity index is 2.91. The van der Waals surface area contributed by atoms with E-state index in [0.29, 0.717) is 6.54 Å². The van der Waals surface area contributed by atoms with Crippen LogP contribution in [0.25, 0.3) is 0 Å². The number of sulfonamides is 1. The molecule has 0 amide bonds. The number of H-pyrrole nitrogens is 1. The van der Waals surface area contributed by atoms with Crippen molar-refractivity contribution in [3.8, 4) is 0 Å². The zero-order valence-electron chi connectivity index (χ0n) is 10.2. The molecule has 0 aliphatic heterocycles. The zero-order valence-corrected chi connectivity index (χ0v) is 11.0. The van der Waals surface area contributed by atoms with E-state index in [1.54, 1.807) is 19.0 Å². The highest BCUT2D eigenvalue weighted by Crippen LogP contribution is 2.13. The standard InChI is InChI=1S/C9H16N4O4S/c1-12(2)3-4-13(7-9(14)15)18(16,17)8-5-10-11-6-8/h5-6H,3-4,7H2,1-2H3,(H,10,11)(H,14,15). The molecule has 18 heavy (non-hydrogen) atoms. The molecule has 0 unspecified atom stereocenters. The number of hydrogen-bond donors (Lipinski definition) is 2. The first-order valence-electron chi connectivity index (χ1n) is 5.19. The van der Waals surface area contributed by atoms with E-state index in [1.165, 1.54) is 6.20 Å². The summed E-state index contributed by atoms with van der Waals surface area (Å²) in [6, 6.07) is 0. The molecule has 102 valence electrons. The Morgan fingerprint density at radius 2 is 2.11 bits per heavy atom. The van der Waals surface area contributed by atoms with Gasteiger partial charge in [-0.15, -0.1) is 0 Å². The molecular weight excluding hydrogens is 260 g/mol. The summed E-state index contributed by atoms with van der Waals surface area (Å²) < 4.78 is 25.2. The van der Waals surface area contributed by atoms with Gasteiger partial charge in [-0.25, -0.2) is 8.42 Å². The predicted octanol–water partition coefficient (Wildman–Crippen LogP) is -0.953. The molecule has 8 nitrogen and oxygen atoms in total. The Labute approximate surface area is 105 Å². The van der Waals surface area contributed by atoms with Gasteiger partial charge in [-0.2, -0.15) is 9.40 Å². The zero-order chi connectivity index (χ0) is 13.8. The van der Waals surface area contributed by atoms with Gasteiger partial charge in [-0.1, -0.05) is 0 Å². The Hall–Kier alpha value is -1.45. The van der Waals surface area contributed by atoms with Gasteiger partial charge in [-0.05, 0) is 14.1 Å². The molecule has 0 saturated carbocycles. The number of aromatic nitrogens is 2. The fourth-order valence-corrected chi connectivity index (χ4v) is 2.56. The Morgan fingerprint density at radius 1 is 1.44 bits per heavy atom. The minimum Gasteiger partial charge on any atom is -0.480 e. The molecule has 0 bridgehead atoms. The third kappa shape index (κ3) is 3.79. The summed E-state index contributed by atoms with van der Waals surface area (Å²) in [5.41, 5.74) is 0. The summed E-state index contributed by atoms with van der Waals surface area (Å²) in [5, 5.41) is 14.7. The van der Waals surface area contributed by atoms with Crippen molar-refractivity contribution in [3.63, 3.8) is 0 Å². The molecular formula is C9H16N4O4S. The first-order chi connectivity index (χ1) is 8.34. The molecule has 9 heteroatoms. The van der Waals surface area contributed by atoms with E-state index in [4.69, 9.17) is 5.11 Å². The van der Waals surface area contributed by atoms with E-state index in [0.717, 1.165) is 10.5 Å². The molecule has 1 aromatic rings. The van der Waals surface area contributed by atoms with Gasteiger partial charge in [0.1, 0.15) is 11.4 Å². The quantitative estimate of drug-likeness (QED) is 0.665. The van der Waals surface area contributed by atoms with E-state index in [9.17, 15) is 13.2 Å². The van der Waals surface area contributed by atoms with Crippen LogP contribution >= 0.6 is 0 Å². The monoisotopic (exact) mass is 276 g/mol. The van der Waals surface area contributed by atoms with Crippen LogP contribution in [0.1, 0.15) is 0 Å². The first kappa shape index (κ1) is 14.6. The van der Waals surface area contributed by atoms with E-state index in [2.05, 4.69) is 10.2 Å². The minimum atomic E-state index is -3.82. The molecule has 2 N–H and O–H groups in total. The molecule has 1 heterocycles. The second kappa shape index (κ2) is 5.94. The van der Waals surface area contributed by atoms with Crippen LogP contribution in [0.15, 0.2) is 17.3 Å². The van der Waals surface area contributed by atoms with E-state index < -0.39 is 22.5 Å². The minimum absolute atomic E-state index is 0.0393. The van der Waals surface area contributed by atoms with Crippen LogP contribution in [0.5, 0.6) is 0 Å². The smallest absolute Gasteiger partial charge is 0.318 e. The van der Waals surface area contributed by atoms with Crippen LogP contribution in [0, 0.1) is 0 Å². The molecule has 1 rings (SSSR count). The highest BCUT2D eigenvalue weighted by atomic mass is 32.2. The Bertz CT molecular complexity index is 483. The van der Waals surface area contributed by atoms with Crippen LogP contribution in [0.3, 0.4) is 0 Å². The first-order valence-corrected chi connectivity index (χ1v) is 6.63. The molecule has 0 fully saturated rings. The van der Waals surface area contributed by atoms with Gasteiger partial charge in [0, 0.05) is 19.3 Å². The van der Waals surface area contributed by atoms with Gasteiger partial charge in [0.25, 0.3) is 0 Å². The van der Waals surface area contributed by atoms with E-state index >= 15 is 0 Å². The van der Waals surface area contributed by atoms with Crippen molar-refractivity contribution in [2.24, 2.45) is 0 Å². The number of hydrogen-bond acceptors (Lipinski definition) is 5. The fourth-order valence-electron chi connectivity index (χ4n) is 1.28. The molecule has 0 aliphatic rings. The normalized spacial score (nSPS) is 12.2. The molecule has 0 aliphatic carbocycles. The number of likely N-dealkylation sites (N-methyl/N-ethyl adjacent to an activating group) is 1.